The number of hydrogen-bond acceptors (Lipinski definition) is 4. The maximum Gasteiger partial charge on any atom is 0.276 e. The van der Waals surface area contributed by atoms with Gasteiger partial charge in [0.25, 0.3) is 11.8 Å². The third-order valence-electron chi connectivity index (χ3n) is 2.76. The smallest absolute Gasteiger partial charge is 0.276 e. The lowest BCUT2D eigenvalue weighted by Crippen LogP contribution is -2.44. The molecule has 0 atom stereocenters. The van der Waals surface area contributed by atoms with Crippen LogP contribution >= 0.6 is 0 Å². The summed E-state index contributed by atoms with van der Waals surface area (Å²) in [6, 6.07) is 15.1. The number of amides is 2. The van der Waals surface area contributed by atoms with Gasteiger partial charge in [-0.1, -0.05) is 36.4 Å². The highest BCUT2D eigenvalue weighted by Gasteiger charge is 2.11. The molecule has 0 aliphatic rings. The molecule has 0 radical (unpaired) electrons. The van der Waals surface area contributed by atoms with E-state index in [4.69, 9.17) is 4.74 Å². The SMILES string of the molecule is O=Cc1ccccc1C(=O)NNC(=O)COc1ccccc1. The van der Waals surface area contributed by atoms with Crippen LogP contribution in [0.2, 0.25) is 0 Å². The number of hydrazine groups is 1. The molecule has 2 N–H and O–H groups in total. The zero-order valence-corrected chi connectivity index (χ0v) is 11.6. The number of benzene rings is 2. The predicted molar refractivity (Wildman–Crippen MR) is 79.4 cm³/mol. The predicted octanol–water partition coefficient (Wildman–Crippen LogP) is 1.34. The van der Waals surface area contributed by atoms with E-state index in [1.165, 1.54) is 12.1 Å². The summed E-state index contributed by atoms with van der Waals surface area (Å²) in [5, 5.41) is 0. The number of carbonyl (C=O) groups is 3. The minimum atomic E-state index is -0.573. The fraction of sp³-hybridized carbons (Fsp3) is 0.0625. The van der Waals surface area contributed by atoms with Crippen molar-refractivity contribution in [1.29, 1.82) is 0 Å². The highest BCUT2D eigenvalue weighted by molar-refractivity contribution is 6.01. The maximum absolute atomic E-state index is 11.9. The van der Waals surface area contributed by atoms with Crippen molar-refractivity contribution in [2.45, 2.75) is 0 Å². The second-order valence-electron chi connectivity index (χ2n) is 4.31. The second-order valence-corrected chi connectivity index (χ2v) is 4.31. The van der Waals surface area contributed by atoms with Crippen molar-refractivity contribution in [1.82, 2.24) is 10.9 Å². The van der Waals surface area contributed by atoms with Crippen LogP contribution in [0.1, 0.15) is 20.7 Å². The zero-order valence-electron chi connectivity index (χ0n) is 11.6. The molecule has 0 spiro atoms. The van der Waals surface area contributed by atoms with E-state index in [1.54, 1.807) is 36.4 Å². The molecule has 0 aliphatic heterocycles. The Balaban J connectivity index is 1.83. The normalized spacial score (nSPS) is 9.64. The monoisotopic (exact) mass is 298 g/mol. The number of nitrogens with one attached hydrogen (secondary N) is 2. The fourth-order valence-corrected chi connectivity index (χ4v) is 1.70. The number of carbonyl (C=O) groups excluding carboxylic acids is 3. The number of rotatable bonds is 5. The van der Waals surface area contributed by atoms with Crippen LogP contribution in [0.4, 0.5) is 0 Å². The molecular weight excluding hydrogens is 284 g/mol. The Morgan fingerprint density at radius 3 is 2.36 bits per heavy atom. The van der Waals surface area contributed by atoms with Crippen molar-refractivity contribution in [3.63, 3.8) is 0 Å². The summed E-state index contributed by atoms with van der Waals surface area (Å²) in [5.41, 5.74) is 4.88. The Bertz CT molecular complexity index is 671. The molecule has 0 aliphatic carbocycles. The third-order valence-corrected chi connectivity index (χ3v) is 2.76. The maximum atomic E-state index is 11.9. The van der Waals surface area contributed by atoms with Gasteiger partial charge in [-0.15, -0.1) is 0 Å². The van der Waals surface area contributed by atoms with E-state index >= 15 is 0 Å². The van der Waals surface area contributed by atoms with Gasteiger partial charge in [0.1, 0.15) is 5.75 Å². The second kappa shape index (κ2) is 7.58. The summed E-state index contributed by atoms with van der Waals surface area (Å²) in [6.07, 6.45) is 0.579. The highest BCUT2D eigenvalue weighted by atomic mass is 16.5. The van der Waals surface area contributed by atoms with E-state index in [2.05, 4.69) is 10.9 Å². The quantitative estimate of drug-likeness (QED) is 0.644. The Morgan fingerprint density at radius 1 is 0.955 bits per heavy atom. The minimum absolute atomic E-state index is 0.182. The van der Waals surface area contributed by atoms with Gasteiger partial charge >= 0.3 is 0 Å². The molecular formula is C16H14N2O4. The van der Waals surface area contributed by atoms with Crippen LogP contribution in [-0.4, -0.2) is 24.7 Å². The molecule has 2 aromatic carbocycles. The summed E-state index contributed by atoms with van der Waals surface area (Å²) in [4.78, 5) is 34.3. The van der Waals surface area contributed by atoms with E-state index in [0.717, 1.165) is 0 Å². The first kappa shape index (κ1) is 15.2. The first-order valence-electron chi connectivity index (χ1n) is 6.52. The van der Waals surface area contributed by atoms with Crippen LogP contribution in [0.5, 0.6) is 5.75 Å². The molecule has 0 fully saturated rings. The molecule has 0 bridgehead atoms. The Labute approximate surface area is 127 Å². The van der Waals surface area contributed by atoms with Crippen LogP contribution in [0.15, 0.2) is 54.6 Å². The largest absolute Gasteiger partial charge is 0.484 e. The van der Waals surface area contributed by atoms with E-state index < -0.39 is 11.8 Å². The first-order valence-corrected chi connectivity index (χ1v) is 6.52. The molecule has 112 valence electrons. The van der Waals surface area contributed by atoms with Gasteiger partial charge in [0.2, 0.25) is 0 Å². The lowest BCUT2D eigenvalue weighted by Gasteiger charge is -2.09. The Kier molecular flexibility index (Phi) is 5.25. The van der Waals surface area contributed by atoms with Crippen LogP contribution < -0.4 is 15.6 Å². The number of aldehydes is 1. The molecule has 0 saturated carbocycles. The van der Waals surface area contributed by atoms with Crippen LogP contribution in [0.3, 0.4) is 0 Å². The van der Waals surface area contributed by atoms with E-state index in [1.807, 2.05) is 6.07 Å². The van der Waals surface area contributed by atoms with Crippen molar-refractivity contribution in [2.75, 3.05) is 6.61 Å². The van der Waals surface area contributed by atoms with Crippen LogP contribution in [0, 0.1) is 0 Å². The Morgan fingerprint density at radius 2 is 1.64 bits per heavy atom. The van der Waals surface area contributed by atoms with Gasteiger partial charge in [-0.2, -0.15) is 0 Å². The third kappa shape index (κ3) is 4.17. The van der Waals surface area contributed by atoms with Crippen molar-refractivity contribution in [3.8, 4) is 5.75 Å². The first-order chi connectivity index (χ1) is 10.7. The van der Waals surface area contributed by atoms with Crippen LogP contribution in [0.25, 0.3) is 0 Å². The molecule has 22 heavy (non-hydrogen) atoms. The highest BCUT2D eigenvalue weighted by Crippen LogP contribution is 2.07. The number of ether oxygens (including phenoxy) is 1. The standard InChI is InChI=1S/C16H14N2O4/c19-10-12-6-4-5-9-14(12)16(21)18-17-15(20)11-22-13-7-2-1-3-8-13/h1-10H,11H2,(H,17,20)(H,18,21). The molecule has 0 unspecified atom stereocenters. The van der Waals surface area contributed by atoms with Gasteiger partial charge < -0.3 is 4.74 Å². The molecule has 6 heteroatoms. The lowest BCUT2D eigenvalue weighted by molar-refractivity contribution is -0.123. The average Bonchev–Trinajstić information content (AvgIpc) is 2.58. The Hall–Kier alpha value is -3.15. The van der Waals surface area contributed by atoms with Crippen LogP contribution in [-0.2, 0) is 4.79 Å². The van der Waals surface area contributed by atoms with Crippen molar-refractivity contribution >= 4 is 18.1 Å². The van der Waals surface area contributed by atoms with E-state index in [-0.39, 0.29) is 17.7 Å². The average molecular weight is 298 g/mol. The molecule has 0 saturated heterocycles. The zero-order chi connectivity index (χ0) is 15.8. The number of para-hydroxylation sites is 1. The topological polar surface area (TPSA) is 84.5 Å². The summed E-state index contributed by atoms with van der Waals surface area (Å²) in [7, 11) is 0. The minimum Gasteiger partial charge on any atom is -0.484 e. The molecule has 6 nitrogen and oxygen atoms in total. The number of hydrogen-bond donors (Lipinski definition) is 2. The lowest BCUT2D eigenvalue weighted by atomic mass is 10.1. The van der Waals surface area contributed by atoms with Gasteiger partial charge in [-0.05, 0) is 18.2 Å². The fourth-order valence-electron chi connectivity index (χ4n) is 1.70. The summed E-state index contributed by atoms with van der Waals surface area (Å²) < 4.78 is 5.23. The van der Waals surface area contributed by atoms with Crippen molar-refractivity contribution in [3.05, 3.63) is 65.7 Å². The van der Waals surface area contributed by atoms with Gasteiger partial charge in [0.15, 0.2) is 12.9 Å². The molecule has 0 aromatic heterocycles. The summed E-state index contributed by atoms with van der Waals surface area (Å²) in [6.45, 7) is -0.236. The summed E-state index contributed by atoms with van der Waals surface area (Å²) in [5.74, 6) is -0.535. The molecule has 0 heterocycles. The van der Waals surface area contributed by atoms with E-state index in [9.17, 15) is 14.4 Å². The molecule has 2 rings (SSSR count). The van der Waals surface area contributed by atoms with Gasteiger partial charge in [0, 0.05) is 5.56 Å². The van der Waals surface area contributed by atoms with Crippen molar-refractivity contribution in [2.24, 2.45) is 0 Å². The molecule has 2 amide bonds. The van der Waals surface area contributed by atoms with Gasteiger partial charge in [-0.3, -0.25) is 25.2 Å². The van der Waals surface area contributed by atoms with Gasteiger partial charge in [-0.25, -0.2) is 0 Å². The van der Waals surface area contributed by atoms with Gasteiger partial charge in [0.05, 0.1) is 5.56 Å². The van der Waals surface area contributed by atoms with E-state index in [0.29, 0.717) is 12.0 Å². The summed E-state index contributed by atoms with van der Waals surface area (Å²) >= 11 is 0. The molecule has 2 aromatic rings. The van der Waals surface area contributed by atoms with Crippen molar-refractivity contribution < 1.29 is 19.1 Å².